The van der Waals surface area contributed by atoms with Gasteiger partial charge in [-0.2, -0.15) is 0 Å². The van der Waals surface area contributed by atoms with Gasteiger partial charge in [-0.1, -0.05) is 158 Å². The maximum absolute atomic E-state index is 5.83. The lowest BCUT2D eigenvalue weighted by Gasteiger charge is -2.30. The summed E-state index contributed by atoms with van der Waals surface area (Å²) in [5, 5.41) is 2.09. The van der Waals surface area contributed by atoms with Gasteiger partial charge in [-0.3, -0.25) is 14.5 Å². The Labute approximate surface area is 312 Å². The summed E-state index contributed by atoms with van der Waals surface area (Å²) in [6.07, 6.45) is 3.66. The number of pyridine rings is 2. The Morgan fingerprint density at radius 2 is 0.907 bits per heavy atom. The molecule has 1 aliphatic heterocycles. The average molecular weight is 693 g/mol. The number of rotatable bonds is 7. The quantitative estimate of drug-likeness (QED) is 0.167. The first-order valence-electron chi connectivity index (χ1n) is 18.0. The van der Waals surface area contributed by atoms with Gasteiger partial charge in [-0.25, -0.2) is 15.0 Å². The van der Waals surface area contributed by atoms with E-state index in [1.807, 2.05) is 73.1 Å². The average Bonchev–Trinajstić information content (AvgIpc) is 3.86. The standard InChI is InChI=1S/C48H32N6/c1-5-15-35(16-6-1)43-44(36-17-7-2-8-18-36)53-48(52-43,40-28-27-34-24-14-30-50-42(34)32-40)54-46(38-21-11-4-12-22-38)45(37-19-9-3-10-20-37)51-47(54)39-26-25-33-23-13-29-49-41(33)31-39/h1-32H. The highest BCUT2D eigenvalue weighted by atomic mass is 15.4. The molecule has 0 radical (unpaired) electrons. The molecule has 6 heteroatoms. The lowest BCUT2D eigenvalue weighted by atomic mass is 10.0. The molecule has 0 bridgehead atoms. The van der Waals surface area contributed by atoms with Crippen molar-refractivity contribution in [3.05, 3.63) is 211 Å². The molecule has 0 amide bonds. The molecule has 6 aromatic carbocycles. The molecule has 6 nitrogen and oxygen atoms in total. The summed E-state index contributed by atoms with van der Waals surface area (Å²) in [6, 6.07) is 62.3. The second-order valence-electron chi connectivity index (χ2n) is 13.3. The summed E-state index contributed by atoms with van der Waals surface area (Å²) in [6.45, 7) is 0. The first kappa shape index (κ1) is 31.4. The third kappa shape index (κ3) is 5.31. The molecule has 3 aromatic heterocycles. The Kier molecular flexibility index (Phi) is 7.58. The topological polar surface area (TPSA) is 68.3 Å². The number of aliphatic imine (C=N–C) groups is 2. The highest BCUT2D eigenvalue weighted by molar-refractivity contribution is 6.54. The highest BCUT2D eigenvalue weighted by Crippen LogP contribution is 2.47. The number of fused-ring (bicyclic) bond motifs is 2. The third-order valence-electron chi connectivity index (χ3n) is 10.00. The largest absolute Gasteiger partial charge is 0.275 e. The van der Waals surface area contributed by atoms with E-state index < -0.39 is 5.79 Å². The van der Waals surface area contributed by atoms with Gasteiger partial charge in [0.05, 0.1) is 33.8 Å². The number of nitrogens with zero attached hydrogens (tertiary/aromatic N) is 6. The van der Waals surface area contributed by atoms with Crippen LogP contribution in [0, 0.1) is 0 Å². The molecule has 0 aliphatic carbocycles. The maximum atomic E-state index is 5.83. The molecule has 0 spiro atoms. The van der Waals surface area contributed by atoms with Crippen molar-refractivity contribution in [1.29, 1.82) is 0 Å². The van der Waals surface area contributed by atoms with Gasteiger partial charge in [0.2, 0.25) is 0 Å². The summed E-state index contributed by atoms with van der Waals surface area (Å²) >= 11 is 0. The number of hydrogen-bond acceptors (Lipinski definition) is 5. The van der Waals surface area contributed by atoms with Gasteiger partial charge in [0, 0.05) is 56.5 Å². The minimum absolute atomic E-state index is 0.718. The SMILES string of the molecule is c1ccc(C2=NC(c3ccc4cccnc4c3)(n3c(-c4ccc5cccnc5c4)nc(-c4ccccc4)c3-c3ccccc3)N=C2c2ccccc2)cc1. The van der Waals surface area contributed by atoms with Crippen molar-refractivity contribution in [1.82, 2.24) is 19.5 Å². The molecule has 0 saturated heterocycles. The second kappa shape index (κ2) is 13.0. The van der Waals surface area contributed by atoms with E-state index in [0.717, 1.165) is 83.8 Å². The van der Waals surface area contributed by atoms with Gasteiger partial charge in [0.1, 0.15) is 5.82 Å². The van der Waals surface area contributed by atoms with Crippen LogP contribution in [-0.2, 0) is 5.79 Å². The van der Waals surface area contributed by atoms with Crippen LogP contribution in [0.3, 0.4) is 0 Å². The van der Waals surface area contributed by atoms with Crippen molar-refractivity contribution in [3.63, 3.8) is 0 Å². The van der Waals surface area contributed by atoms with Crippen molar-refractivity contribution >= 4 is 33.2 Å². The van der Waals surface area contributed by atoms with Crippen molar-refractivity contribution in [2.75, 3.05) is 0 Å². The Morgan fingerprint density at radius 1 is 0.407 bits per heavy atom. The van der Waals surface area contributed by atoms with E-state index in [0.29, 0.717) is 0 Å². The van der Waals surface area contributed by atoms with E-state index in [1.54, 1.807) is 0 Å². The third-order valence-corrected chi connectivity index (χ3v) is 10.00. The molecule has 54 heavy (non-hydrogen) atoms. The molecule has 1 aliphatic rings. The number of aromatic nitrogens is 4. The Hall–Kier alpha value is -7.31. The van der Waals surface area contributed by atoms with E-state index in [1.165, 1.54) is 0 Å². The molecule has 0 fully saturated rings. The van der Waals surface area contributed by atoms with E-state index in [2.05, 4.69) is 126 Å². The summed E-state index contributed by atoms with van der Waals surface area (Å²) in [7, 11) is 0. The fourth-order valence-electron chi connectivity index (χ4n) is 7.45. The van der Waals surface area contributed by atoms with Crippen LogP contribution in [0.4, 0.5) is 0 Å². The zero-order valence-corrected chi connectivity index (χ0v) is 29.2. The summed E-state index contributed by atoms with van der Waals surface area (Å²) in [5.41, 5.74) is 10.7. The number of hydrogen-bond donors (Lipinski definition) is 0. The molecule has 254 valence electrons. The van der Waals surface area contributed by atoms with E-state index in [4.69, 9.17) is 24.9 Å². The minimum Gasteiger partial charge on any atom is -0.275 e. The van der Waals surface area contributed by atoms with Crippen LogP contribution < -0.4 is 0 Å². The number of imidazole rings is 1. The Balaban J connectivity index is 1.40. The monoisotopic (exact) mass is 692 g/mol. The normalized spacial score (nSPS) is 13.6. The first-order chi connectivity index (χ1) is 26.7. The maximum Gasteiger partial charge on any atom is 0.261 e. The first-order valence-corrected chi connectivity index (χ1v) is 18.0. The molecular formula is C48H32N6. The molecule has 4 heterocycles. The predicted octanol–water partition coefficient (Wildman–Crippen LogP) is 10.6. The van der Waals surface area contributed by atoms with E-state index in [-0.39, 0.29) is 0 Å². The predicted molar refractivity (Wildman–Crippen MR) is 219 cm³/mol. The van der Waals surface area contributed by atoms with Crippen molar-refractivity contribution in [2.24, 2.45) is 9.98 Å². The molecule has 9 aromatic rings. The van der Waals surface area contributed by atoms with Crippen molar-refractivity contribution in [3.8, 4) is 33.9 Å². The highest BCUT2D eigenvalue weighted by Gasteiger charge is 2.45. The lowest BCUT2D eigenvalue weighted by Crippen LogP contribution is -2.31. The van der Waals surface area contributed by atoms with Gasteiger partial charge in [0.25, 0.3) is 5.79 Å². The molecule has 0 atom stereocenters. The van der Waals surface area contributed by atoms with Crippen LogP contribution in [0.5, 0.6) is 0 Å². The second-order valence-corrected chi connectivity index (χ2v) is 13.3. The van der Waals surface area contributed by atoms with Crippen molar-refractivity contribution in [2.45, 2.75) is 5.79 Å². The zero-order chi connectivity index (χ0) is 35.9. The lowest BCUT2D eigenvalue weighted by molar-refractivity contribution is 0.409. The van der Waals surface area contributed by atoms with Crippen LogP contribution in [-0.4, -0.2) is 30.9 Å². The van der Waals surface area contributed by atoms with Gasteiger partial charge in [-0.05, 0) is 24.3 Å². The minimum atomic E-state index is -1.35. The summed E-state index contributed by atoms with van der Waals surface area (Å²) in [5.74, 6) is -0.627. The number of benzene rings is 6. The van der Waals surface area contributed by atoms with Crippen LogP contribution >= 0.6 is 0 Å². The Bertz CT molecular complexity index is 2810. The molecule has 0 N–H and O–H groups in total. The Morgan fingerprint density at radius 3 is 1.48 bits per heavy atom. The zero-order valence-electron chi connectivity index (χ0n) is 29.2. The van der Waals surface area contributed by atoms with E-state index >= 15 is 0 Å². The summed E-state index contributed by atoms with van der Waals surface area (Å²) < 4.78 is 2.25. The van der Waals surface area contributed by atoms with Crippen LogP contribution in [0.15, 0.2) is 204 Å². The van der Waals surface area contributed by atoms with Crippen molar-refractivity contribution < 1.29 is 0 Å². The van der Waals surface area contributed by atoms with Gasteiger partial charge < -0.3 is 0 Å². The molecule has 0 unspecified atom stereocenters. The van der Waals surface area contributed by atoms with E-state index in [9.17, 15) is 0 Å². The van der Waals surface area contributed by atoms with Gasteiger partial charge in [-0.15, -0.1) is 0 Å². The molecular weight excluding hydrogens is 661 g/mol. The van der Waals surface area contributed by atoms with Gasteiger partial charge in [0.15, 0.2) is 0 Å². The fourth-order valence-corrected chi connectivity index (χ4v) is 7.45. The smallest absolute Gasteiger partial charge is 0.261 e. The van der Waals surface area contributed by atoms with Crippen LogP contribution in [0.1, 0.15) is 16.7 Å². The van der Waals surface area contributed by atoms with Crippen LogP contribution in [0.25, 0.3) is 55.7 Å². The van der Waals surface area contributed by atoms with Crippen LogP contribution in [0.2, 0.25) is 0 Å². The summed E-state index contributed by atoms with van der Waals surface area (Å²) in [4.78, 5) is 26.8. The molecule has 10 rings (SSSR count). The molecule has 0 saturated carbocycles. The van der Waals surface area contributed by atoms with Gasteiger partial charge >= 0.3 is 0 Å². The fraction of sp³-hybridized carbons (Fsp3) is 0.0208.